The molecule has 0 fully saturated rings. The van der Waals surface area contributed by atoms with Crippen molar-refractivity contribution in [1.82, 2.24) is 9.97 Å². The number of anilines is 2. The van der Waals surface area contributed by atoms with Gasteiger partial charge in [-0.1, -0.05) is 17.5 Å². The van der Waals surface area contributed by atoms with E-state index in [1.807, 2.05) is 19.9 Å². The number of hydrogen-bond donors (Lipinski definition) is 3. The van der Waals surface area contributed by atoms with E-state index in [-0.39, 0.29) is 0 Å². The van der Waals surface area contributed by atoms with Crippen LogP contribution in [0.3, 0.4) is 0 Å². The van der Waals surface area contributed by atoms with E-state index in [1.54, 1.807) is 13.0 Å². The topological polar surface area (TPSA) is 70.1 Å². The number of fused-ring (bicyclic) bond motifs is 1. The Morgan fingerprint density at radius 1 is 1.17 bits per heavy atom. The van der Waals surface area contributed by atoms with Crippen molar-refractivity contribution < 1.29 is 5.11 Å². The highest BCUT2D eigenvalue weighted by Crippen LogP contribution is 2.28. The second-order valence-corrected chi connectivity index (χ2v) is 6.24. The Hall–Kier alpha value is -2.03. The third-order valence-electron chi connectivity index (χ3n) is 3.71. The lowest BCUT2D eigenvalue weighted by Gasteiger charge is -2.17. The van der Waals surface area contributed by atoms with Crippen LogP contribution in [-0.2, 0) is 6.42 Å². The van der Waals surface area contributed by atoms with Crippen LogP contribution in [0.4, 0.5) is 11.6 Å². The largest absolute Gasteiger partial charge is 0.378 e. The average Bonchev–Trinajstić information content (AvgIpc) is 2.54. The van der Waals surface area contributed by atoms with Gasteiger partial charge in [-0.25, -0.2) is 9.97 Å². The van der Waals surface area contributed by atoms with Crippen LogP contribution >= 0.6 is 11.6 Å². The summed E-state index contributed by atoms with van der Waals surface area (Å²) in [6.07, 6.45) is 6.32. The monoisotopic (exact) mass is 346 g/mol. The summed E-state index contributed by atoms with van der Waals surface area (Å²) >= 11 is 6.37. The maximum Gasteiger partial charge on any atom is 0.169 e. The molecule has 1 aromatic carbocycles. The van der Waals surface area contributed by atoms with Gasteiger partial charge in [0.05, 0.1) is 11.0 Å². The Balaban J connectivity index is 2.41. The number of nitrogens with zero attached hydrogens (tertiary/aromatic N) is 2. The molecule has 24 heavy (non-hydrogen) atoms. The van der Waals surface area contributed by atoms with Crippen molar-refractivity contribution >= 4 is 34.3 Å². The summed E-state index contributed by atoms with van der Waals surface area (Å²) in [4.78, 5) is 9.26. The van der Waals surface area contributed by atoms with Crippen molar-refractivity contribution in [2.75, 3.05) is 23.7 Å². The Kier molecular flexibility index (Phi) is 5.87. The number of rotatable bonds is 7. The fourth-order valence-electron chi connectivity index (χ4n) is 2.34. The number of benzene rings is 1. The lowest BCUT2D eigenvalue weighted by atomic mass is 9.97. The molecular weight excluding hydrogens is 324 g/mol. The van der Waals surface area contributed by atoms with Crippen LogP contribution in [-0.4, -0.2) is 33.8 Å². The van der Waals surface area contributed by atoms with Gasteiger partial charge in [0, 0.05) is 18.1 Å². The fraction of sp³-hybridized carbons (Fsp3) is 0.444. The van der Waals surface area contributed by atoms with Crippen LogP contribution in [0.2, 0.25) is 5.02 Å². The molecule has 1 heterocycles. The third-order valence-corrected chi connectivity index (χ3v) is 4.06. The molecule has 5 nitrogen and oxygen atoms in total. The highest BCUT2D eigenvalue weighted by atomic mass is 35.5. The summed E-state index contributed by atoms with van der Waals surface area (Å²) in [5.41, 5.74) is 1.23. The first kappa shape index (κ1) is 18.3. The summed E-state index contributed by atoms with van der Waals surface area (Å²) in [6.45, 7) is 7.15. The first-order valence-corrected chi connectivity index (χ1v) is 8.46. The van der Waals surface area contributed by atoms with Crippen LogP contribution in [0.5, 0.6) is 0 Å². The van der Waals surface area contributed by atoms with Crippen molar-refractivity contribution in [3.63, 3.8) is 0 Å². The van der Waals surface area contributed by atoms with Gasteiger partial charge >= 0.3 is 0 Å². The Morgan fingerprint density at radius 3 is 2.21 bits per heavy atom. The van der Waals surface area contributed by atoms with Crippen LogP contribution in [0, 0.1) is 12.3 Å². The minimum Gasteiger partial charge on any atom is -0.378 e. The average molecular weight is 347 g/mol. The summed E-state index contributed by atoms with van der Waals surface area (Å²) in [5, 5.41) is 17.0. The maximum absolute atomic E-state index is 9.97. The smallest absolute Gasteiger partial charge is 0.169 e. The van der Waals surface area contributed by atoms with E-state index in [2.05, 4.69) is 26.5 Å². The van der Waals surface area contributed by atoms with Gasteiger partial charge in [-0.2, -0.15) is 0 Å². The summed E-state index contributed by atoms with van der Waals surface area (Å²) in [6, 6.07) is 3.72. The van der Waals surface area contributed by atoms with E-state index in [9.17, 15) is 5.11 Å². The lowest BCUT2D eigenvalue weighted by Crippen LogP contribution is -2.21. The van der Waals surface area contributed by atoms with Gasteiger partial charge in [0.2, 0.25) is 0 Å². The molecule has 1 atom stereocenters. The van der Waals surface area contributed by atoms with E-state index < -0.39 is 5.60 Å². The second-order valence-electron chi connectivity index (χ2n) is 5.83. The molecule has 2 rings (SSSR count). The second kappa shape index (κ2) is 7.69. The maximum atomic E-state index is 9.97. The van der Waals surface area contributed by atoms with Gasteiger partial charge in [0.15, 0.2) is 11.6 Å². The normalized spacial score (nSPS) is 13.3. The first-order chi connectivity index (χ1) is 11.4. The third kappa shape index (κ3) is 4.28. The summed E-state index contributed by atoms with van der Waals surface area (Å²) in [5.74, 6) is 3.81. The molecule has 0 saturated heterocycles. The van der Waals surface area contributed by atoms with Crippen LogP contribution < -0.4 is 10.6 Å². The molecule has 0 bridgehead atoms. The van der Waals surface area contributed by atoms with Gasteiger partial charge < -0.3 is 15.7 Å². The quantitative estimate of drug-likeness (QED) is 0.670. The zero-order valence-electron chi connectivity index (χ0n) is 14.3. The Labute approximate surface area is 147 Å². The molecule has 2 aromatic rings. The molecule has 0 aliphatic rings. The highest BCUT2D eigenvalue weighted by Gasteiger charge is 2.18. The molecule has 0 amide bonds. The lowest BCUT2D eigenvalue weighted by molar-refractivity contribution is 0.113. The minimum absolute atomic E-state index is 0.428. The van der Waals surface area contributed by atoms with Gasteiger partial charge in [0.25, 0.3) is 0 Å². The number of hydrogen-bond acceptors (Lipinski definition) is 5. The van der Waals surface area contributed by atoms with Crippen LogP contribution in [0.15, 0.2) is 12.1 Å². The van der Waals surface area contributed by atoms with Crippen molar-refractivity contribution in [1.29, 1.82) is 0 Å². The molecule has 0 aliphatic carbocycles. The molecule has 6 heteroatoms. The van der Waals surface area contributed by atoms with E-state index in [0.29, 0.717) is 23.7 Å². The molecule has 3 N–H and O–H groups in total. The van der Waals surface area contributed by atoms with E-state index in [1.165, 1.54) is 0 Å². The summed E-state index contributed by atoms with van der Waals surface area (Å²) in [7, 11) is 0. The highest BCUT2D eigenvalue weighted by molar-refractivity contribution is 6.32. The van der Waals surface area contributed by atoms with Crippen LogP contribution in [0.1, 0.15) is 32.8 Å². The number of aromatic nitrogens is 2. The SMILES string of the molecule is C#CC(C)(O)CCc1cc2nc(NCC)c(NCC)nc2cc1Cl. The van der Waals surface area contributed by atoms with E-state index in [0.717, 1.165) is 35.5 Å². The number of aryl methyl sites for hydroxylation is 1. The standard InChI is InChI=1S/C18H23ClN4O/c1-5-18(4,24)9-8-12-10-14-15(11-13(12)19)23-17(21-7-3)16(22-14)20-6-2/h1,10-11,24H,6-9H2,2-4H3,(H,20,22)(H,21,23). The molecule has 0 radical (unpaired) electrons. The Morgan fingerprint density at radius 2 is 1.71 bits per heavy atom. The number of halogens is 1. The van der Waals surface area contributed by atoms with Crippen molar-refractivity contribution in [2.24, 2.45) is 0 Å². The minimum atomic E-state index is -1.15. The number of nitrogens with one attached hydrogen (secondary N) is 2. The Bertz CT molecular complexity index is 768. The predicted octanol–water partition coefficient (Wildman–Crippen LogP) is 3.46. The van der Waals surface area contributed by atoms with Gasteiger partial charge in [-0.3, -0.25) is 0 Å². The van der Waals surface area contributed by atoms with Gasteiger partial charge in [-0.05, 0) is 51.3 Å². The number of aliphatic hydroxyl groups is 1. The molecule has 1 aromatic heterocycles. The zero-order valence-corrected chi connectivity index (χ0v) is 15.0. The van der Waals surface area contributed by atoms with Crippen molar-refractivity contribution in [3.8, 4) is 12.3 Å². The van der Waals surface area contributed by atoms with Gasteiger partial charge in [0.1, 0.15) is 5.60 Å². The molecule has 0 aliphatic heterocycles. The van der Waals surface area contributed by atoms with Crippen molar-refractivity contribution in [3.05, 3.63) is 22.7 Å². The fourth-order valence-corrected chi connectivity index (χ4v) is 2.60. The first-order valence-electron chi connectivity index (χ1n) is 8.08. The molecular formula is C18H23ClN4O. The molecule has 128 valence electrons. The summed E-state index contributed by atoms with van der Waals surface area (Å²) < 4.78 is 0. The van der Waals surface area contributed by atoms with Crippen molar-refractivity contribution in [2.45, 2.75) is 39.2 Å². The predicted molar refractivity (Wildman–Crippen MR) is 101 cm³/mol. The zero-order chi connectivity index (χ0) is 17.7. The molecule has 0 spiro atoms. The van der Waals surface area contributed by atoms with Crippen LogP contribution in [0.25, 0.3) is 11.0 Å². The van der Waals surface area contributed by atoms with E-state index >= 15 is 0 Å². The number of terminal acetylenes is 1. The molecule has 1 unspecified atom stereocenters. The van der Waals surface area contributed by atoms with Gasteiger partial charge in [-0.15, -0.1) is 6.42 Å². The van der Waals surface area contributed by atoms with E-state index in [4.69, 9.17) is 18.0 Å². The molecule has 0 saturated carbocycles.